The number of hydrogen-bond donors (Lipinski definition) is 4. The van der Waals surface area contributed by atoms with Crippen molar-refractivity contribution in [1.82, 2.24) is 9.97 Å². The molecule has 1 unspecified atom stereocenters. The molecule has 23 heavy (non-hydrogen) atoms. The number of nitrogens with zero attached hydrogens (tertiary/aromatic N) is 1. The van der Waals surface area contributed by atoms with E-state index < -0.39 is 29.6 Å². The average molecular weight is 334 g/mol. The first-order valence-electron chi connectivity index (χ1n) is 6.12. The number of H-pyrrole nitrogens is 1. The Kier molecular flexibility index (Phi) is 4.28. The number of rotatable bonds is 3. The number of benzene rings is 1. The summed E-state index contributed by atoms with van der Waals surface area (Å²) in [5.41, 5.74) is 9.65. The zero-order valence-corrected chi connectivity index (χ0v) is 11.3. The maximum absolute atomic E-state index is 13.1. The number of nitrogens with one attached hydrogen (secondary N) is 1. The lowest BCUT2D eigenvalue weighted by Crippen LogP contribution is -2.33. The van der Waals surface area contributed by atoms with E-state index in [0.717, 1.165) is 24.4 Å². The molecule has 0 amide bonds. The second kappa shape index (κ2) is 5.88. The van der Waals surface area contributed by atoms with Crippen LogP contribution in [0.4, 0.5) is 22.0 Å². The normalized spacial score (nSPS) is 15.2. The van der Waals surface area contributed by atoms with Crippen molar-refractivity contribution >= 4 is 16.6 Å². The summed E-state index contributed by atoms with van der Waals surface area (Å²) in [4.78, 5) is 6.46. The second-order valence-electron chi connectivity index (χ2n) is 4.58. The fourth-order valence-corrected chi connectivity index (χ4v) is 1.78. The Hall–Kier alpha value is -2.62. The molecule has 1 atom stereocenters. The number of aliphatic hydroxyl groups is 1. The minimum Gasteiger partial charge on any atom is -0.404 e. The van der Waals surface area contributed by atoms with Gasteiger partial charge < -0.3 is 21.6 Å². The van der Waals surface area contributed by atoms with E-state index in [4.69, 9.17) is 16.6 Å². The summed E-state index contributed by atoms with van der Waals surface area (Å²) in [6.45, 7) is 0. The monoisotopic (exact) mass is 334 g/mol. The van der Waals surface area contributed by atoms with Gasteiger partial charge >= 0.3 is 6.18 Å². The molecule has 1 aromatic carbocycles. The van der Waals surface area contributed by atoms with E-state index in [2.05, 4.69) is 9.97 Å². The van der Waals surface area contributed by atoms with E-state index in [-0.39, 0.29) is 22.4 Å². The first-order valence-corrected chi connectivity index (χ1v) is 6.12. The van der Waals surface area contributed by atoms with Crippen LogP contribution in [0.25, 0.3) is 16.6 Å². The predicted molar refractivity (Wildman–Crippen MR) is 72.5 cm³/mol. The maximum atomic E-state index is 13.1. The van der Waals surface area contributed by atoms with Gasteiger partial charge in [-0.05, 0) is 6.08 Å². The Bertz CT molecular complexity index is 754. The summed E-state index contributed by atoms with van der Waals surface area (Å²) in [6, 6.07) is 1.66. The van der Waals surface area contributed by atoms with Crippen LogP contribution in [0.3, 0.4) is 0 Å². The van der Waals surface area contributed by atoms with Gasteiger partial charge in [0.1, 0.15) is 5.82 Å². The van der Waals surface area contributed by atoms with Crippen LogP contribution in [-0.4, -0.2) is 27.4 Å². The molecule has 10 heteroatoms. The summed E-state index contributed by atoms with van der Waals surface area (Å²) in [5, 5.41) is 9.04. The van der Waals surface area contributed by atoms with Gasteiger partial charge in [0.2, 0.25) is 0 Å². The van der Waals surface area contributed by atoms with Crippen molar-refractivity contribution in [2.45, 2.75) is 12.3 Å². The highest BCUT2D eigenvalue weighted by Gasteiger charge is 2.40. The Labute approximate surface area is 126 Å². The van der Waals surface area contributed by atoms with E-state index in [0.29, 0.717) is 0 Å². The van der Waals surface area contributed by atoms with E-state index in [1.165, 1.54) is 0 Å². The molecule has 0 aliphatic rings. The van der Waals surface area contributed by atoms with Gasteiger partial charge in [-0.3, -0.25) is 0 Å². The zero-order valence-electron chi connectivity index (χ0n) is 11.3. The topological polar surface area (TPSA) is 101 Å². The highest BCUT2D eigenvalue weighted by atomic mass is 19.4. The van der Waals surface area contributed by atoms with Crippen LogP contribution in [0.2, 0.25) is 0 Å². The van der Waals surface area contributed by atoms with Crippen molar-refractivity contribution in [1.29, 1.82) is 0 Å². The first kappa shape index (κ1) is 16.7. The number of aromatic nitrogens is 2. The summed E-state index contributed by atoms with van der Waals surface area (Å²) in [5.74, 6) is -2.31. The third-order valence-corrected chi connectivity index (χ3v) is 2.92. The molecule has 1 aromatic heterocycles. The Morgan fingerprint density at radius 2 is 1.87 bits per heavy atom. The molecule has 0 aliphatic heterocycles. The minimum atomic E-state index is -4.94. The molecule has 0 bridgehead atoms. The van der Waals surface area contributed by atoms with E-state index in [1.807, 2.05) is 0 Å². The fourth-order valence-electron chi connectivity index (χ4n) is 1.78. The summed E-state index contributed by atoms with van der Waals surface area (Å²) < 4.78 is 63.4. The summed E-state index contributed by atoms with van der Waals surface area (Å²) in [7, 11) is 0. The molecule has 0 saturated carbocycles. The van der Waals surface area contributed by atoms with Gasteiger partial charge in [-0.15, -0.1) is 0 Å². The van der Waals surface area contributed by atoms with Crippen molar-refractivity contribution in [3.8, 4) is 0 Å². The molecule has 0 aliphatic carbocycles. The third-order valence-electron chi connectivity index (χ3n) is 2.92. The van der Waals surface area contributed by atoms with Crippen molar-refractivity contribution in [3.63, 3.8) is 0 Å². The Morgan fingerprint density at radius 1 is 1.26 bits per heavy atom. The van der Waals surface area contributed by atoms with E-state index >= 15 is 0 Å². The van der Waals surface area contributed by atoms with Gasteiger partial charge in [-0.1, -0.05) is 0 Å². The molecule has 0 spiro atoms. The molecule has 5 nitrogen and oxygen atoms in total. The van der Waals surface area contributed by atoms with Gasteiger partial charge in [0.05, 0.1) is 11.0 Å². The van der Waals surface area contributed by atoms with Crippen LogP contribution in [0.5, 0.6) is 0 Å². The average Bonchev–Trinajstić information content (AvgIpc) is 2.85. The quantitative estimate of drug-likeness (QED) is 0.509. The number of allylic oxidation sites excluding steroid dienone is 2. The van der Waals surface area contributed by atoms with Gasteiger partial charge in [0, 0.05) is 29.6 Å². The third kappa shape index (κ3) is 3.42. The summed E-state index contributed by atoms with van der Waals surface area (Å²) in [6.07, 6.45) is -6.17. The number of alkyl halides is 3. The van der Waals surface area contributed by atoms with Crippen LogP contribution in [-0.2, 0) is 0 Å². The molecule has 6 N–H and O–H groups in total. The van der Waals surface area contributed by atoms with Crippen LogP contribution in [0.1, 0.15) is 5.82 Å². The standard InChI is InChI=1S/C13H11F5N4O/c14-6-2-9-10(3-7(6)15)22-12(21-9)5(4-19)1-8(20)11(23)13(16,17)18/h1-4,11,23H,19-20H2,(H,21,22)/b5-4+,8-1-. The molecular weight excluding hydrogens is 323 g/mol. The molecule has 1 heterocycles. The van der Waals surface area contributed by atoms with E-state index in [9.17, 15) is 22.0 Å². The molecule has 0 saturated heterocycles. The number of aliphatic hydroxyl groups excluding tert-OH is 1. The zero-order chi connectivity index (χ0) is 17.4. The fraction of sp³-hybridized carbons (Fsp3) is 0.154. The number of imidazole rings is 1. The largest absolute Gasteiger partial charge is 0.420 e. The van der Waals surface area contributed by atoms with Crippen molar-refractivity contribution in [2.24, 2.45) is 11.5 Å². The van der Waals surface area contributed by atoms with Crippen LogP contribution in [0.15, 0.2) is 30.1 Å². The molecule has 0 fully saturated rings. The first-order chi connectivity index (χ1) is 10.6. The number of nitrogens with two attached hydrogens (primary N) is 2. The lowest BCUT2D eigenvalue weighted by atomic mass is 10.1. The SMILES string of the molecule is N/C=C(\C=C(/N)C(O)C(F)(F)F)c1nc2cc(F)c(F)cc2[nH]1. The lowest BCUT2D eigenvalue weighted by molar-refractivity contribution is -0.191. The van der Waals surface area contributed by atoms with Crippen LogP contribution in [0, 0.1) is 11.6 Å². The molecule has 0 radical (unpaired) electrons. The second-order valence-corrected chi connectivity index (χ2v) is 4.58. The van der Waals surface area contributed by atoms with Crippen molar-refractivity contribution < 1.29 is 27.1 Å². The highest BCUT2D eigenvalue weighted by Crippen LogP contribution is 2.26. The van der Waals surface area contributed by atoms with Gasteiger partial charge in [0.25, 0.3) is 0 Å². The van der Waals surface area contributed by atoms with Crippen LogP contribution >= 0.6 is 0 Å². The van der Waals surface area contributed by atoms with Crippen molar-refractivity contribution in [2.75, 3.05) is 0 Å². The number of aromatic amines is 1. The molecule has 2 aromatic rings. The molecule has 124 valence electrons. The molecular formula is C13H11F5N4O. The minimum absolute atomic E-state index is 0.0431. The summed E-state index contributed by atoms with van der Waals surface area (Å²) >= 11 is 0. The maximum Gasteiger partial charge on any atom is 0.420 e. The Morgan fingerprint density at radius 3 is 2.43 bits per heavy atom. The lowest BCUT2D eigenvalue weighted by Gasteiger charge is -2.14. The van der Waals surface area contributed by atoms with Crippen LogP contribution < -0.4 is 11.5 Å². The van der Waals surface area contributed by atoms with E-state index in [1.54, 1.807) is 0 Å². The highest BCUT2D eigenvalue weighted by molar-refractivity contribution is 5.81. The van der Waals surface area contributed by atoms with Crippen molar-refractivity contribution in [3.05, 3.63) is 47.6 Å². The number of fused-ring (bicyclic) bond motifs is 1. The van der Waals surface area contributed by atoms with Gasteiger partial charge in [-0.2, -0.15) is 13.2 Å². The van der Waals surface area contributed by atoms with Gasteiger partial charge in [0.15, 0.2) is 17.7 Å². The number of hydrogen-bond acceptors (Lipinski definition) is 4. The van der Waals surface area contributed by atoms with Gasteiger partial charge in [-0.25, -0.2) is 13.8 Å². The smallest absolute Gasteiger partial charge is 0.404 e. The molecule has 2 rings (SSSR count). The Balaban J connectivity index is 2.43. The predicted octanol–water partition coefficient (Wildman–Crippen LogP) is 1.91. The number of halogens is 5.